The van der Waals surface area contributed by atoms with Crippen molar-refractivity contribution in [2.24, 2.45) is 0 Å². The molecule has 0 unspecified atom stereocenters. The van der Waals surface area contributed by atoms with E-state index in [1.807, 2.05) is 44.2 Å². The minimum absolute atomic E-state index is 0.421. The van der Waals surface area contributed by atoms with E-state index in [-0.39, 0.29) is 0 Å². The van der Waals surface area contributed by atoms with Crippen LogP contribution in [0.5, 0.6) is 5.75 Å². The Morgan fingerprint density at radius 1 is 1.12 bits per heavy atom. The number of benzene rings is 2. The van der Waals surface area contributed by atoms with E-state index in [4.69, 9.17) is 9.47 Å². The number of hydrogen-bond acceptors (Lipinski definition) is 4. The first-order chi connectivity index (χ1) is 12.5. The minimum atomic E-state index is -0.932. The molecule has 26 heavy (non-hydrogen) atoms. The van der Waals surface area contributed by atoms with Gasteiger partial charge in [0.05, 0.1) is 12.3 Å². The molecule has 0 heterocycles. The summed E-state index contributed by atoms with van der Waals surface area (Å²) in [7, 11) is 0. The molecule has 136 valence electrons. The predicted molar refractivity (Wildman–Crippen MR) is 102 cm³/mol. The molecule has 0 aromatic heterocycles. The molecule has 2 aromatic carbocycles. The van der Waals surface area contributed by atoms with E-state index in [0.717, 1.165) is 11.1 Å². The van der Waals surface area contributed by atoms with Crippen molar-refractivity contribution in [1.82, 2.24) is 0 Å². The zero-order chi connectivity index (χ0) is 18.9. The number of carbonyl (C=O) groups excluding carboxylic acids is 2. The van der Waals surface area contributed by atoms with Gasteiger partial charge in [0, 0.05) is 6.08 Å². The lowest BCUT2D eigenvalue weighted by molar-refractivity contribution is -0.148. The Hall–Kier alpha value is -3.08. The highest BCUT2D eigenvalue weighted by molar-refractivity contribution is 5.97. The van der Waals surface area contributed by atoms with Crippen LogP contribution in [-0.2, 0) is 14.3 Å². The molecule has 2 rings (SSSR count). The van der Waals surface area contributed by atoms with Gasteiger partial charge in [-0.25, -0.2) is 4.79 Å². The fourth-order valence-electron chi connectivity index (χ4n) is 2.28. The number of aryl methyl sites for hydroxylation is 1. The van der Waals surface area contributed by atoms with E-state index >= 15 is 0 Å². The Morgan fingerprint density at radius 2 is 1.81 bits per heavy atom. The molecule has 2 aromatic rings. The van der Waals surface area contributed by atoms with Crippen LogP contribution in [0.25, 0.3) is 6.08 Å². The third kappa shape index (κ3) is 5.48. The summed E-state index contributed by atoms with van der Waals surface area (Å²) in [6.45, 7) is 5.83. The second-order valence-electron chi connectivity index (χ2n) is 5.69. The highest BCUT2D eigenvalue weighted by Crippen LogP contribution is 2.23. The van der Waals surface area contributed by atoms with Crippen molar-refractivity contribution in [1.29, 1.82) is 0 Å². The maximum Gasteiger partial charge on any atom is 0.331 e. The van der Waals surface area contributed by atoms with E-state index in [0.29, 0.717) is 18.0 Å². The number of ether oxygens (including phenoxy) is 2. The van der Waals surface area contributed by atoms with Gasteiger partial charge in [0.15, 0.2) is 6.10 Å². The first kappa shape index (κ1) is 19.2. The van der Waals surface area contributed by atoms with E-state index in [2.05, 4.69) is 5.32 Å². The number of hydrogen-bond donors (Lipinski definition) is 1. The Labute approximate surface area is 153 Å². The van der Waals surface area contributed by atoms with Gasteiger partial charge in [0.2, 0.25) is 0 Å². The zero-order valence-corrected chi connectivity index (χ0v) is 15.2. The van der Waals surface area contributed by atoms with Crippen molar-refractivity contribution in [2.45, 2.75) is 26.9 Å². The number of carbonyl (C=O) groups is 2. The summed E-state index contributed by atoms with van der Waals surface area (Å²) in [4.78, 5) is 24.2. The topological polar surface area (TPSA) is 64.6 Å². The molecule has 5 nitrogen and oxygen atoms in total. The van der Waals surface area contributed by atoms with Crippen molar-refractivity contribution >= 4 is 23.6 Å². The molecule has 0 saturated heterocycles. The van der Waals surface area contributed by atoms with Gasteiger partial charge in [-0.05, 0) is 50.1 Å². The summed E-state index contributed by atoms with van der Waals surface area (Å²) in [5.74, 6) is -0.426. The van der Waals surface area contributed by atoms with Crippen LogP contribution in [0.3, 0.4) is 0 Å². The van der Waals surface area contributed by atoms with Crippen molar-refractivity contribution in [3.8, 4) is 5.75 Å². The van der Waals surface area contributed by atoms with E-state index in [9.17, 15) is 9.59 Å². The Kier molecular flexibility index (Phi) is 6.97. The Bertz CT molecular complexity index is 798. The van der Waals surface area contributed by atoms with Gasteiger partial charge in [-0.15, -0.1) is 0 Å². The SMILES string of the molecule is CCOc1ccccc1NC(=O)[C@@H](C)OC(=O)/C=C/c1ccccc1C. The van der Waals surface area contributed by atoms with Crippen LogP contribution in [0.15, 0.2) is 54.6 Å². The average Bonchev–Trinajstić information content (AvgIpc) is 2.63. The summed E-state index contributed by atoms with van der Waals surface area (Å²) in [6, 6.07) is 14.8. The molecule has 0 spiro atoms. The quantitative estimate of drug-likeness (QED) is 0.604. The molecule has 0 radical (unpaired) electrons. The molecule has 1 amide bonds. The first-order valence-electron chi connectivity index (χ1n) is 8.48. The van der Waals surface area contributed by atoms with Crippen molar-refractivity contribution in [3.05, 3.63) is 65.7 Å². The lowest BCUT2D eigenvalue weighted by atomic mass is 10.1. The lowest BCUT2D eigenvalue weighted by Gasteiger charge is -2.15. The summed E-state index contributed by atoms with van der Waals surface area (Å²) < 4.78 is 10.6. The zero-order valence-electron chi connectivity index (χ0n) is 15.2. The minimum Gasteiger partial charge on any atom is -0.492 e. The van der Waals surface area contributed by atoms with Gasteiger partial charge in [-0.2, -0.15) is 0 Å². The van der Waals surface area contributed by atoms with Gasteiger partial charge in [-0.3, -0.25) is 4.79 Å². The van der Waals surface area contributed by atoms with Gasteiger partial charge < -0.3 is 14.8 Å². The molecule has 0 aliphatic rings. The predicted octanol–water partition coefficient (Wildman–Crippen LogP) is 3.98. The number of anilines is 1. The van der Waals surface area contributed by atoms with E-state index in [1.54, 1.807) is 24.3 Å². The van der Waals surface area contributed by atoms with Crippen LogP contribution in [0.2, 0.25) is 0 Å². The van der Waals surface area contributed by atoms with Gasteiger partial charge in [-0.1, -0.05) is 36.4 Å². The molecular weight excluding hydrogens is 330 g/mol. The third-order valence-electron chi connectivity index (χ3n) is 3.69. The molecule has 1 N–H and O–H groups in total. The highest BCUT2D eigenvalue weighted by atomic mass is 16.5. The summed E-state index contributed by atoms with van der Waals surface area (Å²) in [5.41, 5.74) is 2.51. The van der Waals surface area contributed by atoms with Gasteiger partial charge in [0.1, 0.15) is 5.75 Å². The van der Waals surface area contributed by atoms with Crippen LogP contribution in [-0.4, -0.2) is 24.6 Å². The van der Waals surface area contributed by atoms with Crippen LogP contribution < -0.4 is 10.1 Å². The molecular formula is C21H23NO4. The van der Waals surface area contributed by atoms with Gasteiger partial charge in [0.25, 0.3) is 5.91 Å². The molecule has 0 fully saturated rings. The average molecular weight is 353 g/mol. The van der Waals surface area contributed by atoms with Crippen molar-refractivity contribution in [3.63, 3.8) is 0 Å². The Morgan fingerprint density at radius 3 is 2.54 bits per heavy atom. The van der Waals surface area contributed by atoms with Gasteiger partial charge >= 0.3 is 5.97 Å². The van der Waals surface area contributed by atoms with Crippen molar-refractivity contribution in [2.75, 3.05) is 11.9 Å². The standard InChI is InChI=1S/C21H23NO4/c1-4-25-19-12-8-7-11-18(19)22-21(24)16(3)26-20(23)14-13-17-10-6-5-9-15(17)2/h5-14,16H,4H2,1-3H3,(H,22,24)/b14-13+/t16-/m1/s1. The number of amides is 1. The fraction of sp³-hybridized carbons (Fsp3) is 0.238. The molecule has 1 atom stereocenters. The summed E-state index contributed by atoms with van der Waals surface area (Å²) in [6.07, 6.45) is 2.06. The lowest BCUT2D eigenvalue weighted by Crippen LogP contribution is -2.29. The highest BCUT2D eigenvalue weighted by Gasteiger charge is 2.18. The van der Waals surface area contributed by atoms with Crippen LogP contribution >= 0.6 is 0 Å². The van der Waals surface area contributed by atoms with E-state index in [1.165, 1.54) is 13.0 Å². The normalized spacial score (nSPS) is 11.8. The fourth-order valence-corrected chi connectivity index (χ4v) is 2.28. The number of esters is 1. The molecule has 0 aliphatic carbocycles. The number of para-hydroxylation sites is 2. The number of nitrogens with one attached hydrogen (secondary N) is 1. The molecule has 5 heteroatoms. The van der Waals surface area contributed by atoms with Crippen LogP contribution in [0.4, 0.5) is 5.69 Å². The maximum absolute atomic E-state index is 12.3. The second-order valence-corrected chi connectivity index (χ2v) is 5.69. The molecule has 0 aliphatic heterocycles. The summed E-state index contributed by atoms with van der Waals surface area (Å²) in [5, 5.41) is 2.72. The summed E-state index contributed by atoms with van der Waals surface area (Å²) >= 11 is 0. The maximum atomic E-state index is 12.3. The van der Waals surface area contributed by atoms with E-state index < -0.39 is 18.0 Å². The molecule has 0 bridgehead atoms. The van der Waals surface area contributed by atoms with Crippen LogP contribution in [0.1, 0.15) is 25.0 Å². The van der Waals surface area contributed by atoms with Crippen molar-refractivity contribution < 1.29 is 19.1 Å². The smallest absolute Gasteiger partial charge is 0.331 e. The second kappa shape index (κ2) is 9.42. The van der Waals surface area contributed by atoms with Crippen LogP contribution in [0, 0.1) is 6.92 Å². The monoisotopic (exact) mass is 353 g/mol. The molecule has 0 saturated carbocycles. The third-order valence-corrected chi connectivity index (χ3v) is 3.69. The first-order valence-corrected chi connectivity index (χ1v) is 8.48. The largest absolute Gasteiger partial charge is 0.492 e. The Balaban J connectivity index is 1.94. The number of rotatable bonds is 7.